The maximum Gasteiger partial charge on any atom is 0.164 e. The van der Waals surface area contributed by atoms with E-state index in [9.17, 15) is 0 Å². The smallest absolute Gasteiger partial charge is 0.164 e. The summed E-state index contributed by atoms with van der Waals surface area (Å²) in [5.41, 5.74) is 31.2. The molecule has 8 heteroatoms. The van der Waals surface area contributed by atoms with Gasteiger partial charge in [0.2, 0.25) is 0 Å². The van der Waals surface area contributed by atoms with Crippen molar-refractivity contribution in [2.45, 2.75) is 19.3 Å². The lowest BCUT2D eigenvalue weighted by atomic mass is 9.80. The molecule has 0 bridgehead atoms. The first-order chi connectivity index (χ1) is 62.2. The highest BCUT2D eigenvalue weighted by molar-refractivity contribution is 6.24. The molecular formula is C118H78N8. The molecule has 0 amide bonds. The molecule has 4 aromatic heterocycles. The fraction of sp³-hybridized carbons (Fsp3) is 0.0254. The summed E-state index contributed by atoms with van der Waals surface area (Å²) in [6.45, 7) is 4.68. The van der Waals surface area contributed by atoms with Crippen molar-refractivity contribution in [1.82, 2.24) is 39.5 Å². The van der Waals surface area contributed by atoms with Gasteiger partial charge in [0, 0.05) is 67.6 Å². The summed E-state index contributed by atoms with van der Waals surface area (Å²) in [4.78, 5) is 34.6. The first kappa shape index (κ1) is 74.5. The molecule has 0 saturated carbocycles. The zero-order valence-electron chi connectivity index (χ0n) is 69.1. The van der Waals surface area contributed by atoms with Crippen molar-refractivity contribution in [2.75, 3.05) is 0 Å². The Morgan fingerprint density at radius 3 is 1.30 bits per heavy atom. The van der Waals surface area contributed by atoms with Gasteiger partial charge >= 0.3 is 0 Å². The van der Waals surface area contributed by atoms with Gasteiger partial charge in [-0.3, -0.25) is 9.55 Å². The van der Waals surface area contributed by atoms with Crippen LogP contribution < -0.4 is 0 Å². The van der Waals surface area contributed by atoms with Crippen molar-refractivity contribution in [1.29, 1.82) is 0 Å². The van der Waals surface area contributed by atoms with Crippen molar-refractivity contribution in [2.24, 2.45) is 0 Å². The van der Waals surface area contributed by atoms with Crippen LogP contribution in [0.4, 0.5) is 0 Å². The molecule has 0 saturated heterocycles. The molecule has 8 nitrogen and oxygen atoms in total. The number of rotatable bonds is 12. The predicted octanol–water partition coefficient (Wildman–Crippen LogP) is 30.3. The van der Waals surface area contributed by atoms with Crippen LogP contribution in [0.1, 0.15) is 25.0 Å². The number of hydrogen-bond donors (Lipinski definition) is 0. The number of fused-ring (bicyclic) bond motifs is 8. The number of nitrogens with zero attached hydrogens (tertiary/aromatic N) is 8. The van der Waals surface area contributed by atoms with Crippen LogP contribution in [0.2, 0.25) is 0 Å². The van der Waals surface area contributed by atoms with Gasteiger partial charge < -0.3 is 0 Å². The second-order valence-electron chi connectivity index (χ2n) is 33.0. The van der Waals surface area contributed by atoms with Gasteiger partial charge in [-0.2, -0.15) is 0 Å². The van der Waals surface area contributed by atoms with Crippen molar-refractivity contribution in [3.8, 4) is 152 Å². The second-order valence-corrected chi connectivity index (χ2v) is 33.0. The SMILES string of the molecule is CC1(C)c2cc(-c3ccccc3)cc3ccc4cc(-c5nc(-c6ccccc6)nc(-c6ccccc6)n5)cc1c4c23.c1ccc(-c2ccc(-c3ccccc3)c3c2-c2cccc4c(-c5ccc(-c6nc7ccccc7n6-c6ccccc6)cc5)ccc-3c24)cc1.c1cncc(-c2ccc(-c3nc(-c4cccc5ccccc45)c4ccc5ccccc5c4n3)cc2)c1. The molecule has 0 N–H and O–H groups in total. The largest absolute Gasteiger partial charge is 0.292 e. The monoisotopic (exact) mass is 1610 g/mol. The molecule has 0 fully saturated rings. The van der Waals surface area contributed by atoms with E-state index in [1.165, 1.54) is 126 Å². The molecule has 23 aromatic rings. The lowest BCUT2D eigenvalue weighted by molar-refractivity contribution is 0.663. The molecular weight excluding hydrogens is 1530 g/mol. The van der Waals surface area contributed by atoms with Crippen molar-refractivity contribution < 1.29 is 0 Å². The predicted molar refractivity (Wildman–Crippen MR) is 522 cm³/mol. The Balaban J connectivity index is 0.000000110. The van der Waals surface area contributed by atoms with E-state index in [4.69, 9.17) is 29.9 Å². The Hall–Kier alpha value is -16.6. The van der Waals surface area contributed by atoms with Crippen molar-refractivity contribution >= 4 is 75.8 Å². The number of imidazole rings is 1. The number of para-hydroxylation sites is 3. The molecule has 25 rings (SSSR count). The summed E-state index contributed by atoms with van der Waals surface area (Å²) in [5.74, 6) is 3.71. The normalized spacial score (nSPS) is 12.1. The van der Waals surface area contributed by atoms with E-state index in [-0.39, 0.29) is 5.41 Å². The third-order valence-electron chi connectivity index (χ3n) is 25.2. The molecule has 0 unspecified atom stereocenters. The van der Waals surface area contributed by atoms with Crippen LogP contribution in [-0.2, 0) is 5.41 Å². The van der Waals surface area contributed by atoms with E-state index < -0.39 is 0 Å². The molecule has 0 aliphatic heterocycles. The third kappa shape index (κ3) is 13.1. The van der Waals surface area contributed by atoms with Crippen molar-refractivity contribution in [3.63, 3.8) is 0 Å². The summed E-state index contributed by atoms with van der Waals surface area (Å²) in [6.07, 6.45) is 3.67. The molecule has 2 aliphatic carbocycles. The van der Waals surface area contributed by atoms with Gasteiger partial charge in [-0.15, -0.1) is 0 Å². The van der Waals surface area contributed by atoms with E-state index in [1.54, 1.807) is 6.20 Å². The Morgan fingerprint density at radius 2 is 0.667 bits per heavy atom. The van der Waals surface area contributed by atoms with Gasteiger partial charge in [-0.1, -0.05) is 378 Å². The average Bonchev–Trinajstić information content (AvgIpc) is 1.54. The summed E-state index contributed by atoms with van der Waals surface area (Å²) < 4.78 is 2.26. The third-order valence-corrected chi connectivity index (χ3v) is 25.2. The maximum atomic E-state index is 5.18. The minimum absolute atomic E-state index is 0.168. The van der Waals surface area contributed by atoms with Crippen LogP contribution in [0.25, 0.3) is 228 Å². The van der Waals surface area contributed by atoms with Gasteiger partial charge in [-0.05, 0) is 198 Å². The quantitative estimate of drug-likeness (QED) is 0.112. The van der Waals surface area contributed by atoms with E-state index in [2.05, 4.69) is 406 Å². The highest BCUT2D eigenvalue weighted by Gasteiger charge is 2.36. The highest BCUT2D eigenvalue weighted by atomic mass is 15.1. The van der Waals surface area contributed by atoms with Gasteiger partial charge in [0.1, 0.15) is 5.82 Å². The van der Waals surface area contributed by atoms with Gasteiger partial charge in [0.05, 0.1) is 22.2 Å². The van der Waals surface area contributed by atoms with Gasteiger partial charge in [0.25, 0.3) is 0 Å². The average molecular weight is 1610 g/mol. The molecule has 0 atom stereocenters. The second kappa shape index (κ2) is 31.2. The van der Waals surface area contributed by atoms with Gasteiger partial charge in [-0.25, -0.2) is 29.9 Å². The van der Waals surface area contributed by atoms with E-state index >= 15 is 0 Å². The Labute approximate surface area is 729 Å². The zero-order valence-corrected chi connectivity index (χ0v) is 69.1. The van der Waals surface area contributed by atoms with Gasteiger partial charge in [0.15, 0.2) is 23.3 Å². The summed E-state index contributed by atoms with van der Waals surface area (Å²) in [6, 6.07) is 150. The van der Waals surface area contributed by atoms with Crippen molar-refractivity contribution in [3.05, 3.63) is 448 Å². The highest BCUT2D eigenvalue weighted by Crippen LogP contribution is 2.57. The number of aromatic nitrogens is 8. The summed E-state index contributed by atoms with van der Waals surface area (Å²) in [7, 11) is 0. The van der Waals surface area contributed by atoms with E-state index in [1.807, 2.05) is 48.7 Å². The maximum absolute atomic E-state index is 5.18. The van der Waals surface area contributed by atoms with E-state index in [0.29, 0.717) is 17.5 Å². The van der Waals surface area contributed by atoms with Crippen LogP contribution in [0, 0.1) is 0 Å². The fourth-order valence-corrected chi connectivity index (χ4v) is 19.1. The van der Waals surface area contributed by atoms with E-state index in [0.717, 1.165) is 94.9 Å². The van der Waals surface area contributed by atoms with Crippen LogP contribution >= 0.6 is 0 Å². The minimum Gasteiger partial charge on any atom is -0.292 e. The molecule has 19 aromatic carbocycles. The standard InChI is InChI=1S/C47H30N2.C38H27N3.C33H21N3/c1-4-13-31(14-5-1)37-28-29-38(32-15-6-2-7-16-32)46-41-30-27-36(39-19-12-20-40(44(39)41)45(37)46)33-23-25-34(26-24-33)47-48-42-21-10-11-22-43(42)49(47)35-17-8-3-9-18-35;1-38(2)31-22-29(24-12-6-3-7-13-24)20-27-18-19-28-21-30(23-32(38)34(28)33(27)31)37-40-35(25-14-8-4-9-15-25)39-36(41-37)26-16-10-5-11-17-26;1-3-11-27-23(7-1)9-5-13-29(27)32-30-19-18-24-8-2-4-12-28(24)31(30)35-33(36-32)25-16-14-22(15-17-25)26-10-6-20-34-21-26/h1-30H;3-23H,1-2H3;1-21H. The molecule has 126 heavy (non-hydrogen) atoms. The van der Waals surface area contributed by atoms with Crippen LogP contribution in [-0.4, -0.2) is 39.5 Å². The Kier molecular flexibility index (Phi) is 18.4. The van der Waals surface area contributed by atoms with Crippen LogP contribution in [0.5, 0.6) is 0 Å². The molecule has 590 valence electrons. The molecule has 4 heterocycles. The first-order valence-corrected chi connectivity index (χ1v) is 42.9. The molecule has 0 spiro atoms. The number of pyridine rings is 1. The minimum atomic E-state index is -0.168. The Morgan fingerprint density at radius 1 is 0.238 bits per heavy atom. The summed E-state index contributed by atoms with van der Waals surface area (Å²) >= 11 is 0. The fourth-order valence-electron chi connectivity index (χ4n) is 19.1. The van der Waals surface area contributed by atoms with Crippen LogP contribution in [0.3, 0.4) is 0 Å². The topological polar surface area (TPSA) is 95.2 Å². The Bertz CT molecular complexity index is 8030. The lowest BCUT2D eigenvalue weighted by Crippen LogP contribution is -2.15. The van der Waals surface area contributed by atoms with Crippen LogP contribution in [0.15, 0.2) is 437 Å². The first-order valence-electron chi connectivity index (χ1n) is 42.9. The molecule has 0 radical (unpaired) electrons. The summed E-state index contributed by atoms with van der Waals surface area (Å²) in [5, 5.41) is 13.5. The zero-order chi connectivity index (χ0) is 83.8. The number of benzene rings is 19. The lowest BCUT2D eigenvalue weighted by Gasteiger charge is -2.23. The number of hydrogen-bond acceptors (Lipinski definition) is 7. The molecule has 2 aliphatic rings.